The Bertz CT molecular complexity index is 881. The first-order valence-corrected chi connectivity index (χ1v) is 10.8. The SMILES string of the molecule is CCOc1ccc(S(=O)(=O)N2CCCCC(c3ccc(F)cc3)C2)cc1C. The molecule has 0 aliphatic carbocycles. The third-order valence-corrected chi connectivity index (χ3v) is 6.92. The highest BCUT2D eigenvalue weighted by Crippen LogP contribution is 2.31. The molecule has 6 heteroatoms. The molecule has 1 aliphatic rings. The first-order valence-electron chi connectivity index (χ1n) is 9.41. The maximum absolute atomic E-state index is 13.2. The van der Waals surface area contributed by atoms with E-state index in [0.29, 0.717) is 30.3 Å². The summed E-state index contributed by atoms with van der Waals surface area (Å²) in [6.07, 6.45) is 2.68. The molecule has 4 nitrogen and oxygen atoms in total. The van der Waals surface area contributed by atoms with Gasteiger partial charge in [0.15, 0.2) is 0 Å². The quantitative estimate of drug-likeness (QED) is 0.754. The monoisotopic (exact) mass is 391 g/mol. The molecular formula is C21H26FNO3S. The molecule has 1 unspecified atom stereocenters. The van der Waals surface area contributed by atoms with Crippen LogP contribution in [-0.2, 0) is 10.0 Å². The lowest BCUT2D eigenvalue weighted by Crippen LogP contribution is -2.34. The van der Waals surface area contributed by atoms with Crippen molar-refractivity contribution < 1.29 is 17.5 Å². The Hall–Kier alpha value is -1.92. The van der Waals surface area contributed by atoms with E-state index in [-0.39, 0.29) is 11.7 Å². The number of sulfonamides is 1. The first kappa shape index (κ1) is 19.8. The number of nitrogens with zero attached hydrogens (tertiary/aromatic N) is 1. The summed E-state index contributed by atoms with van der Waals surface area (Å²) < 4.78 is 46.8. The van der Waals surface area contributed by atoms with Gasteiger partial charge in [-0.15, -0.1) is 0 Å². The van der Waals surface area contributed by atoms with Crippen LogP contribution in [0.2, 0.25) is 0 Å². The average Bonchev–Trinajstić information content (AvgIpc) is 2.91. The first-order chi connectivity index (χ1) is 12.9. The Morgan fingerprint density at radius 1 is 1.15 bits per heavy atom. The number of benzene rings is 2. The fourth-order valence-electron chi connectivity index (χ4n) is 3.58. The molecule has 1 atom stereocenters. The van der Waals surface area contributed by atoms with Crippen LogP contribution in [0.1, 0.15) is 43.2 Å². The Kier molecular flexibility index (Phi) is 6.17. The summed E-state index contributed by atoms with van der Waals surface area (Å²) in [5, 5.41) is 0. The normalized spacial score (nSPS) is 18.9. The zero-order valence-corrected chi connectivity index (χ0v) is 16.6. The van der Waals surface area contributed by atoms with E-state index < -0.39 is 10.0 Å². The smallest absolute Gasteiger partial charge is 0.243 e. The Balaban J connectivity index is 1.86. The highest BCUT2D eigenvalue weighted by molar-refractivity contribution is 7.89. The van der Waals surface area contributed by atoms with Crippen molar-refractivity contribution in [3.8, 4) is 5.75 Å². The van der Waals surface area contributed by atoms with Crippen molar-refractivity contribution in [1.82, 2.24) is 4.31 Å². The van der Waals surface area contributed by atoms with E-state index in [1.54, 1.807) is 34.6 Å². The van der Waals surface area contributed by atoms with Crippen LogP contribution >= 0.6 is 0 Å². The topological polar surface area (TPSA) is 46.6 Å². The number of ether oxygens (including phenoxy) is 1. The molecule has 27 heavy (non-hydrogen) atoms. The highest BCUT2D eigenvalue weighted by atomic mass is 32.2. The fraction of sp³-hybridized carbons (Fsp3) is 0.429. The summed E-state index contributed by atoms with van der Waals surface area (Å²) in [4.78, 5) is 0.295. The zero-order valence-electron chi connectivity index (χ0n) is 15.8. The van der Waals surface area contributed by atoms with Gasteiger partial charge < -0.3 is 4.74 Å². The predicted molar refractivity (Wildman–Crippen MR) is 104 cm³/mol. The standard InChI is InChI=1S/C21H26FNO3S/c1-3-26-21-12-11-20(14-16(21)2)27(24,25)23-13-5-4-6-18(15-23)17-7-9-19(22)10-8-17/h7-12,14,18H,3-6,13,15H2,1-2H3. The van der Waals surface area contributed by atoms with E-state index in [0.717, 1.165) is 30.4 Å². The van der Waals surface area contributed by atoms with Crippen molar-refractivity contribution in [3.05, 3.63) is 59.4 Å². The highest BCUT2D eigenvalue weighted by Gasteiger charge is 2.30. The van der Waals surface area contributed by atoms with Gasteiger partial charge in [0, 0.05) is 13.1 Å². The van der Waals surface area contributed by atoms with Crippen LogP contribution < -0.4 is 4.74 Å². The number of rotatable bonds is 5. The van der Waals surface area contributed by atoms with Gasteiger partial charge in [-0.2, -0.15) is 4.31 Å². The van der Waals surface area contributed by atoms with E-state index >= 15 is 0 Å². The van der Waals surface area contributed by atoms with Crippen LogP contribution in [-0.4, -0.2) is 32.4 Å². The largest absolute Gasteiger partial charge is 0.494 e. The summed E-state index contributed by atoms with van der Waals surface area (Å²) >= 11 is 0. The molecule has 0 N–H and O–H groups in total. The second-order valence-corrected chi connectivity index (χ2v) is 8.91. The Labute approximate surface area is 161 Å². The second kappa shape index (κ2) is 8.40. The van der Waals surface area contributed by atoms with Crippen molar-refractivity contribution in [2.24, 2.45) is 0 Å². The molecule has 2 aromatic carbocycles. The van der Waals surface area contributed by atoms with Crippen molar-refractivity contribution in [3.63, 3.8) is 0 Å². The van der Waals surface area contributed by atoms with Gasteiger partial charge in [0.1, 0.15) is 11.6 Å². The van der Waals surface area contributed by atoms with Gasteiger partial charge in [0.05, 0.1) is 11.5 Å². The van der Waals surface area contributed by atoms with Gasteiger partial charge in [-0.1, -0.05) is 18.6 Å². The summed E-state index contributed by atoms with van der Waals surface area (Å²) in [5.41, 5.74) is 1.80. The lowest BCUT2D eigenvalue weighted by Gasteiger charge is -2.24. The third kappa shape index (κ3) is 4.50. The summed E-state index contributed by atoms with van der Waals surface area (Å²) in [7, 11) is -3.58. The Morgan fingerprint density at radius 2 is 1.89 bits per heavy atom. The van der Waals surface area contributed by atoms with Gasteiger partial charge in [0.25, 0.3) is 0 Å². The van der Waals surface area contributed by atoms with Crippen LogP contribution in [0.25, 0.3) is 0 Å². The minimum atomic E-state index is -3.58. The van der Waals surface area contributed by atoms with Gasteiger partial charge in [-0.25, -0.2) is 12.8 Å². The lowest BCUT2D eigenvalue weighted by molar-refractivity contribution is 0.337. The number of halogens is 1. The maximum atomic E-state index is 13.2. The van der Waals surface area contributed by atoms with Crippen molar-refractivity contribution in [1.29, 1.82) is 0 Å². The molecular weight excluding hydrogens is 365 g/mol. The maximum Gasteiger partial charge on any atom is 0.243 e. The minimum Gasteiger partial charge on any atom is -0.494 e. The molecule has 0 aromatic heterocycles. The molecule has 0 radical (unpaired) electrons. The molecule has 1 heterocycles. The molecule has 1 saturated heterocycles. The lowest BCUT2D eigenvalue weighted by atomic mass is 9.95. The number of aryl methyl sites for hydroxylation is 1. The molecule has 1 aliphatic heterocycles. The van der Waals surface area contributed by atoms with Gasteiger partial charge in [0.2, 0.25) is 10.0 Å². The van der Waals surface area contributed by atoms with Crippen LogP contribution in [0.5, 0.6) is 5.75 Å². The average molecular weight is 392 g/mol. The summed E-state index contributed by atoms with van der Waals surface area (Å²) in [6, 6.07) is 11.4. The number of hydrogen-bond acceptors (Lipinski definition) is 3. The van der Waals surface area contributed by atoms with E-state index in [2.05, 4.69) is 0 Å². The molecule has 0 amide bonds. The van der Waals surface area contributed by atoms with E-state index in [9.17, 15) is 12.8 Å². The molecule has 0 spiro atoms. The van der Waals surface area contributed by atoms with E-state index in [4.69, 9.17) is 4.74 Å². The van der Waals surface area contributed by atoms with E-state index in [1.165, 1.54) is 12.1 Å². The fourth-order valence-corrected chi connectivity index (χ4v) is 5.19. The molecule has 0 saturated carbocycles. The predicted octanol–water partition coefficient (Wildman–Crippen LogP) is 4.49. The van der Waals surface area contributed by atoms with Crippen LogP contribution in [0.15, 0.2) is 47.4 Å². The zero-order chi connectivity index (χ0) is 19.4. The third-order valence-electron chi connectivity index (χ3n) is 5.06. The molecule has 0 bridgehead atoms. The van der Waals surface area contributed by atoms with Gasteiger partial charge in [-0.3, -0.25) is 0 Å². The second-order valence-electron chi connectivity index (χ2n) is 6.97. The van der Waals surface area contributed by atoms with Crippen LogP contribution in [0, 0.1) is 12.7 Å². The molecule has 1 fully saturated rings. The van der Waals surface area contributed by atoms with Crippen molar-refractivity contribution in [2.75, 3.05) is 19.7 Å². The summed E-state index contributed by atoms with van der Waals surface area (Å²) in [6.45, 7) is 5.22. The van der Waals surface area contributed by atoms with E-state index in [1.807, 2.05) is 13.8 Å². The van der Waals surface area contributed by atoms with Crippen LogP contribution in [0.4, 0.5) is 4.39 Å². The number of hydrogen-bond donors (Lipinski definition) is 0. The molecule has 2 aromatic rings. The van der Waals surface area contributed by atoms with Gasteiger partial charge in [-0.05, 0) is 74.1 Å². The molecule has 3 rings (SSSR count). The van der Waals surface area contributed by atoms with Crippen molar-refractivity contribution in [2.45, 2.75) is 43.9 Å². The Morgan fingerprint density at radius 3 is 2.56 bits per heavy atom. The minimum absolute atomic E-state index is 0.0756. The summed E-state index contributed by atoms with van der Waals surface area (Å²) in [5.74, 6) is 0.505. The van der Waals surface area contributed by atoms with Crippen LogP contribution in [0.3, 0.4) is 0 Å². The van der Waals surface area contributed by atoms with Gasteiger partial charge >= 0.3 is 0 Å². The van der Waals surface area contributed by atoms with Crippen molar-refractivity contribution >= 4 is 10.0 Å². The molecule has 146 valence electrons.